The second-order valence-corrected chi connectivity index (χ2v) is 4.01. The lowest BCUT2D eigenvalue weighted by Gasteiger charge is -2.02. The molecule has 0 aliphatic heterocycles. The van der Waals surface area contributed by atoms with Gasteiger partial charge in [0.15, 0.2) is 5.78 Å². The number of thioether (sulfide) groups is 1. The van der Waals surface area contributed by atoms with Crippen LogP contribution < -0.4 is 0 Å². The molecule has 0 bridgehead atoms. The molecule has 0 atom stereocenters. The molecular weight excluding hydrogens is 184 g/mol. The van der Waals surface area contributed by atoms with Crippen LogP contribution in [0.2, 0.25) is 0 Å². The second kappa shape index (κ2) is 4.33. The van der Waals surface area contributed by atoms with Gasteiger partial charge in [-0.2, -0.15) is 0 Å². The first kappa shape index (κ1) is 10.1. The first-order chi connectivity index (χ1) is 6.15. The number of aromatic hydroxyl groups is 1. The van der Waals surface area contributed by atoms with E-state index in [1.54, 1.807) is 23.9 Å². The molecule has 0 aliphatic carbocycles. The maximum atomic E-state index is 11.0. The number of carbonyl (C=O) groups excluding carboxylic acids is 1. The van der Waals surface area contributed by atoms with E-state index in [1.807, 2.05) is 13.0 Å². The zero-order valence-corrected chi connectivity index (χ0v) is 8.52. The van der Waals surface area contributed by atoms with Crippen LogP contribution in [0.1, 0.15) is 24.2 Å². The highest BCUT2D eigenvalue weighted by Gasteiger charge is 2.06. The molecule has 2 nitrogen and oxygen atoms in total. The summed E-state index contributed by atoms with van der Waals surface area (Å²) in [6, 6.07) is 5.14. The van der Waals surface area contributed by atoms with Gasteiger partial charge in [-0.3, -0.25) is 4.79 Å². The minimum Gasteiger partial charge on any atom is -0.507 e. The van der Waals surface area contributed by atoms with Crippen LogP contribution in [0.3, 0.4) is 0 Å². The number of phenolic OH excluding ortho intramolecular Hbond substituents is 1. The molecule has 0 fully saturated rings. The van der Waals surface area contributed by atoms with E-state index >= 15 is 0 Å². The maximum Gasteiger partial charge on any atom is 0.163 e. The third-order valence-corrected chi connectivity index (χ3v) is 2.54. The van der Waals surface area contributed by atoms with Crippen LogP contribution in [0.4, 0.5) is 0 Å². The van der Waals surface area contributed by atoms with E-state index in [1.165, 1.54) is 6.92 Å². The molecule has 1 N–H and O–H groups in total. The van der Waals surface area contributed by atoms with E-state index < -0.39 is 0 Å². The molecular formula is C10H12O2S. The van der Waals surface area contributed by atoms with Gasteiger partial charge < -0.3 is 5.11 Å². The van der Waals surface area contributed by atoms with Crippen molar-refractivity contribution < 1.29 is 9.90 Å². The van der Waals surface area contributed by atoms with Crippen molar-refractivity contribution in [2.45, 2.75) is 18.7 Å². The average Bonchev–Trinajstić information content (AvgIpc) is 2.04. The molecule has 0 saturated heterocycles. The minimum absolute atomic E-state index is 0.0750. The molecule has 0 amide bonds. The van der Waals surface area contributed by atoms with Gasteiger partial charge in [-0.1, -0.05) is 6.92 Å². The van der Waals surface area contributed by atoms with Gasteiger partial charge in [0.2, 0.25) is 0 Å². The maximum absolute atomic E-state index is 11.0. The van der Waals surface area contributed by atoms with E-state index in [4.69, 9.17) is 0 Å². The normalized spacial score (nSPS) is 10.0. The van der Waals surface area contributed by atoms with Crippen molar-refractivity contribution in [2.75, 3.05) is 5.75 Å². The fourth-order valence-corrected chi connectivity index (χ4v) is 1.76. The van der Waals surface area contributed by atoms with E-state index in [9.17, 15) is 9.90 Å². The first-order valence-corrected chi connectivity index (χ1v) is 5.10. The highest BCUT2D eigenvalue weighted by atomic mass is 32.2. The van der Waals surface area contributed by atoms with Crippen molar-refractivity contribution in [3.63, 3.8) is 0 Å². The quantitative estimate of drug-likeness (QED) is 0.596. The number of carbonyl (C=O) groups is 1. The van der Waals surface area contributed by atoms with Crippen molar-refractivity contribution >= 4 is 17.5 Å². The monoisotopic (exact) mass is 196 g/mol. The zero-order chi connectivity index (χ0) is 9.84. The number of ketones is 1. The standard InChI is InChI=1S/C10H12O2S/c1-3-13-8-4-5-9(7(2)11)10(12)6-8/h4-6,12H,3H2,1-2H3. The summed E-state index contributed by atoms with van der Waals surface area (Å²) in [5.41, 5.74) is 0.389. The highest BCUT2D eigenvalue weighted by Crippen LogP contribution is 2.25. The van der Waals surface area contributed by atoms with Crippen molar-refractivity contribution in [3.8, 4) is 5.75 Å². The summed E-state index contributed by atoms with van der Waals surface area (Å²) >= 11 is 1.64. The Kier molecular flexibility index (Phi) is 3.37. The molecule has 0 heterocycles. The van der Waals surface area contributed by atoms with Crippen molar-refractivity contribution in [1.82, 2.24) is 0 Å². The summed E-state index contributed by atoms with van der Waals surface area (Å²) in [6.07, 6.45) is 0. The number of phenols is 1. The molecule has 1 aromatic carbocycles. The third-order valence-electron chi connectivity index (χ3n) is 1.66. The first-order valence-electron chi connectivity index (χ1n) is 4.12. The van der Waals surface area contributed by atoms with Crippen LogP contribution in [0.25, 0.3) is 0 Å². The minimum atomic E-state index is -0.106. The van der Waals surface area contributed by atoms with E-state index in [0.29, 0.717) is 5.56 Å². The van der Waals surface area contributed by atoms with Gasteiger partial charge in [-0.15, -0.1) is 11.8 Å². The van der Waals surface area contributed by atoms with Gasteiger partial charge in [0.05, 0.1) is 5.56 Å². The molecule has 1 aromatic rings. The SMILES string of the molecule is CCSc1ccc(C(C)=O)c(O)c1. The van der Waals surface area contributed by atoms with Crippen molar-refractivity contribution in [2.24, 2.45) is 0 Å². The lowest BCUT2D eigenvalue weighted by Crippen LogP contribution is -1.92. The Hall–Kier alpha value is -0.960. The number of rotatable bonds is 3. The third kappa shape index (κ3) is 2.49. The Morgan fingerprint density at radius 3 is 2.69 bits per heavy atom. The second-order valence-electron chi connectivity index (χ2n) is 2.67. The smallest absolute Gasteiger partial charge is 0.163 e. The fraction of sp³-hybridized carbons (Fsp3) is 0.300. The van der Waals surface area contributed by atoms with Gasteiger partial charge in [0, 0.05) is 4.90 Å². The Bertz CT molecular complexity index is 321. The highest BCUT2D eigenvalue weighted by molar-refractivity contribution is 7.99. The lowest BCUT2D eigenvalue weighted by atomic mass is 10.1. The van der Waals surface area contributed by atoms with Crippen LogP contribution in [-0.4, -0.2) is 16.6 Å². The van der Waals surface area contributed by atoms with E-state index in [0.717, 1.165) is 10.6 Å². The molecule has 0 radical (unpaired) electrons. The van der Waals surface area contributed by atoms with Gasteiger partial charge >= 0.3 is 0 Å². The van der Waals surface area contributed by atoms with Crippen LogP contribution in [0.15, 0.2) is 23.1 Å². The number of Topliss-reactive ketones (excluding diaryl/α,β-unsaturated/α-hetero) is 1. The number of benzene rings is 1. The predicted octanol–water partition coefficient (Wildman–Crippen LogP) is 2.71. The van der Waals surface area contributed by atoms with Crippen molar-refractivity contribution in [3.05, 3.63) is 23.8 Å². The van der Waals surface area contributed by atoms with E-state index in [2.05, 4.69) is 0 Å². The molecule has 0 saturated carbocycles. The topological polar surface area (TPSA) is 37.3 Å². The van der Waals surface area contributed by atoms with Gasteiger partial charge in [0.1, 0.15) is 5.75 Å². The Morgan fingerprint density at radius 2 is 2.23 bits per heavy atom. The molecule has 0 aromatic heterocycles. The van der Waals surface area contributed by atoms with Gasteiger partial charge in [-0.25, -0.2) is 0 Å². The largest absolute Gasteiger partial charge is 0.507 e. The summed E-state index contributed by atoms with van der Waals surface area (Å²) < 4.78 is 0. The van der Waals surface area contributed by atoms with Gasteiger partial charge in [0.25, 0.3) is 0 Å². The molecule has 0 spiro atoms. The van der Waals surface area contributed by atoms with Crippen LogP contribution in [-0.2, 0) is 0 Å². The Morgan fingerprint density at radius 1 is 1.54 bits per heavy atom. The molecule has 70 valence electrons. The summed E-state index contributed by atoms with van der Waals surface area (Å²) in [6.45, 7) is 3.49. The Balaban J connectivity index is 2.98. The van der Waals surface area contributed by atoms with Gasteiger partial charge in [-0.05, 0) is 30.9 Å². The zero-order valence-electron chi connectivity index (χ0n) is 7.70. The molecule has 3 heteroatoms. The average molecular weight is 196 g/mol. The molecule has 0 aliphatic rings. The summed E-state index contributed by atoms with van der Waals surface area (Å²) in [7, 11) is 0. The summed E-state index contributed by atoms with van der Waals surface area (Å²) in [4.78, 5) is 12.0. The summed E-state index contributed by atoms with van der Waals surface area (Å²) in [5, 5.41) is 9.45. The molecule has 1 rings (SSSR count). The van der Waals surface area contributed by atoms with Crippen LogP contribution in [0.5, 0.6) is 5.75 Å². The van der Waals surface area contributed by atoms with Crippen LogP contribution in [0, 0.1) is 0 Å². The number of hydrogen-bond acceptors (Lipinski definition) is 3. The van der Waals surface area contributed by atoms with E-state index in [-0.39, 0.29) is 11.5 Å². The Labute approximate surface area is 82.0 Å². The molecule has 13 heavy (non-hydrogen) atoms. The number of hydrogen-bond donors (Lipinski definition) is 1. The lowest BCUT2D eigenvalue weighted by molar-refractivity contribution is 0.101. The van der Waals surface area contributed by atoms with Crippen LogP contribution >= 0.6 is 11.8 Å². The fourth-order valence-electron chi connectivity index (χ4n) is 1.07. The predicted molar refractivity (Wildman–Crippen MR) is 54.5 cm³/mol. The van der Waals surface area contributed by atoms with Crippen molar-refractivity contribution in [1.29, 1.82) is 0 Å². The summed E-state index contributed by atoms with van der Waals surface area (Å²) in [5.74, 6) is 0.926. The molecule has 0 unspecified atom stereocenters.